The van der Waals surface area contributed by atoms with E-state index in [4.69, 9.17) is 4.74 Å². The van der Waals surface area contributed by atoms with Crippen molar-refractivity contribution in [3.05, 3.63) is 51.7 Å². The SMILES string of the molecule is COc1c(I)cc(CC2[NH2+]CCc3cc(O)c(I)cc32)cc1I.[Cl-]. The molecular formula is C17H17ClI3NO2. The summed E-state index contributed by atoms with van der Waals surface area (Å²) in [5.41, 5.74) is 3.98. The van der Waals surface area contributed by atoms with Gasteiger partial charge in [-0.2, -0.15) is 0 Å². The number of phenols is 1. The van der Waals surface area contributed by atoms with Crippen LogP contribution in [0.2, 0.25) is 0 Å². The van der Waals surface area contributed by atoms with Gasteiger partial charge in [-0.3, -0.25) is 0 Å². The molecule has 0 saturated carbocycles. The molecule has 1 aliphatic heterocycles. The summed E-state index contributed by atoms with van der Waals surface area (Å²) in [6.07, 6.45) is 2.01. The molecule has 130 valence electrons. The lowest BCUT2D eigenvalue weighted by atomic mass is 9.90. The lowest BCUT2D eigenvalue weighted by Crippen LogP contribution is -3.00. The van der Waals surface area contributed by atoms with Gasteiger partial charge in [0.15, 0.2) is 0 Å². The molecule has 1 atom stereocenters. The standard InChI is InChI=1S/C17H16I3NO2.ClH/c1-23-17-13(19)4-9(5-14(17)20)6-15-11-8-12(18)16(22)7-10(11)2-3-21-15;/h4-5,7-8,15,21-22H,2-3,6H2,1H3;1H. The van der Waals surface area contributed by atoms with Gasteiger partial charge in [-0.1, -0.05) is 0 Å². The van der Waals surface area contributed by atoms with E-state index in [2.05, 4.69) is 91.3 Å². The normalized spacial score (nSPS) is 16.2. The number of hydrogen-bond acceptors (Lipinski definition) is 2. The molecular weight excluding hydrogens is 666 g/mol. The van der Waals surface area contributed by atoms with Crippen LogP contribution >= 0.6 is 67.8 Å². The maximum absolute atomic E-state index is 9.95. The van der Waals surface area contributed by atoms with Gasteiger partial charge in [-0.25, -0.2) is 0 Å². The van der Waals surface area contributed by atoms with Crippen molar-refractivity contribution in [3.8, 4) is 11.5 Å². The zero-order chi connectivity index (χ0) is 16.6. The summed E-state index contributed by atoms with van der Waals surface area (Å²) < 4.78 is 8.70. The lowest BCUT2D eigenvalue weighted by Gasteiger charge is -2.25. The second-order valence-corrected chi connectivity index (χ2v) is 9.17. The Kier molecular flexibility index (Phi) is 7.72. The van der Waals surface area contributed by atoms with Crippen molar-refractivity contribution in [2.24, 2.45) is 0 Å². The van der Waals surface area contributed by atoms with Crippen LogP contribution < -0.4 is 22.5 Å². The monoisotopic (exact) mass is 683 g/mol. The molecule has 0 spiro atoms. The van der Waals surface area contributed by atoms with Gasteiger partial charge in [0.05, 0.1) is 24.4 Å². The largest absolute Gasteiger partial charge is 1.00 e. The molecule has 0 aliphatic carbocycles. The van der Waals surface area contributed by atoms with E-state index in [1.54, 1.807) is 7.11 Å². The summed E-state index contributed by atoms with van der Waals surface area (Å²) in [6.45, 7) is 1.07. The van der Waals surface area contributed by atoms with Crippen LogP contribution in [0.5, 0.6) is 11.5 Å². The third-order valence-electron chi connectivity index (χ3n) is 4.19. The number of fused-ring (bicyclic) bond motifs is 1. The van der Waals surface area contributed by atoms with Crippen LogP contribution in [0.1, 0.15) is 22.7 Å². The van der Waals surface area contributed by atoms with Crippen molar-refractivity contribution in [2.75, 3.05) is 13.7 Å². The van der Waals surface area contributed by atoms with Gasteiger partial charge in [-0.05, 0) is 103 Å². The molecule has 3 rings (SSSR count). The van der Waals surface area contributed by atoms with Crippen LogP contribution in [0.15, 0.2) is 24.3 Å². The summed E-state index contributed by atoms with van der Waals surface area (Å²) in [7, 11) is 1.72. The van der Waals surface area contributed by atoms with Crippen LogP contribution in [0.25, 0.3) is 0 Å². The number of aromatic hydroxyl groups is 1. The first kappa shape index (κ1) is 20.8. The average molecular weight is 683 g/mol. The number of benzene rings is 2. The fourth-order valence-electron chi connectivity index (χ4n) is 3.12. The molecule has 24 heavy (non-hydrogen) atoms. The van der Waals surface area contributed by atoms with Crippen molar-refractivity contribution in [1.29, 1.82) is 0 Å². The Labute approximate surface area is 189 Å². The van der Waals surface area contributed by atoms with Gasteiger partial charge < -0.3 is 27.6 Å². The molecule has 1 unspecified atom stereocenters. The molecule has 0 bridgehead atoms. The summed E-state index contributed by atoms with van der Waals surface area (Å²) in [5, 5.41) is 12.4. The molecule has 0 saturated heterocycles. The molecule has 2 aromatic carbocycles. The number of methoxy groups -OCH3 is 1. The first-order chi connectivity index (χ1) is 11.0. The zero-order valence-electron chi connectivity index (χ0n) is 13.0. The van der Waals surface area contributed by atoms with Crippen molar-refractivity contribution in [1.82, 2.24) is 0 Å². The molecule has 3 nitrogen and oxygen atoms in total. The molecule has 2 aromatic rings. The van der Waals surface area contributed by atoms with E-state index < -0.39 is 0 Å². The quantitative estimate of drug-likeness (QED) is 0.467. The van der Waals surface area contributed by atoms with Gasteiger partial charge >= 0.3 is 0 Å². The Morgan fingerprint density at radius 2 is 1.79 bits per heavy atom. The number of ether oxygens (including phenoxy) is 1. The summed E-state index contributed by atoms with van der Waals surface area (Å²) >= 11 is 6.89. The maximum Gasteiger partial charge on any atom is 0.145 e. The Bertz CT molecular complexity index is 732. The third kappa shape index (κ3) is 4.41. The molecule has 0 aromatic heterocycles. The molecule has 0 fully saturated rings. The van der Waals surface area contributed by atoms with Crippen molar-refractivity contribution < 1.29 is 27.6 Å². The lowest BCUT2D eigenvalue weighted by molar-refractivity contribution is -0.698. The smallest absolute Gasteiger partial charge is 0.145 e. The van der Waals surface area contributed by atoms with E-state index in [0.717, 1.165) is 35.8 Å². The van der Waals surface area contributed by atoms with Crippen LogP contribution in [0.4, 0.5) is 0 Å². The van der Waals surface area contributed by atoms with E-state index in [9.17, 15) is 5.11 Å². The van der Waals surface area contributed by atoms with Crippen LogP contribution in [0.3, 0.4) is 0 Å². The molecule has 7 heteroatoms. The minimum atomic E-state index is 0. The summed E-state index contributed by atoms with van der Waals surface area (Å²) in [5.74, 6) is 1.36. The van der Waals surface area contributed by atoms with Gasteiger partial charge in [0.25, 0.3) is 0 Å². The molecule has 0 radical (unpaired) electrons. The van der Waals surface area contributed by atoms with Crippen molar-refractivity contribution in [3.63, 3.8) is 0 Å². The van der Waals surface area contributed by atoms with Crippen LogP contribution in [-0.2, 0) is 12.8 Å². The van der Waals surface area contributed by atoms with E-state index in [0.29, 0.717) is 11.8 Å². The van der Waals surface area contributed by atoms with E-state index in [-0.39, 0.29) is 12.4 Å². The second-order valence-electron chi connectivity index (χ2n) is 5.68. The third-order valence-corrected chi connectivity index (χ3v) is 6.66. The predicted octanol–water partition coefficient (Wildman–Crippen LogP) is 0.622. The highest BCUT2D eigenvalue weighted by Crippen LogP contribution is 2.32. The molecule has 1 heterocycles. The molecule has 3 N–H and O–H groups in total. The number of quaternary nitrogens is 1. The first-order valence-corrected chi connectivity index (χ1v) is 10.6. The molecule has 0 amide bonds. The average Bonchev–Trinajstić information content (AvgIpc) is 2.49. The van der Waals surface area contributed by atoms with Gasteiger partial charge in [0.1, 0.15) is 17.5 Å². The van der Waals surface area contributed by atoms with Crippen LogP contribution in [0, 0.1) is 10.7 Å². The van der Waals surface area contributed by atoms with E-state index in [1.807, 2.05) is 6.07 Å². The van der Waals surface area contributed by atoms with Gasteiger partial charge in [-0.15, -0.1) is 0 Å². The number of nitrogens with two attached hydrogens (primary N) is 1. The Morgan fingerprint density at radius 1 is 1.12 bits per heavy atom. The topological polar surface area (TPSA) is 46.1 Å². The number of hydrogen-bond donors (Lipinski definition) is 2. The zero-order valence-corrected chi connectivity index (χ0v) is 20.2. The number of rotatable bonds is 3. The highest BCUT2D eigenvalue weighted by atomic mass is 127. The van der Waals surface area contributed by atoms with E-state index in [1.165, 1.54) is 16.7 Å². The highest BCUT2D eigenvalue weighted by Gasteiger charge is 2.25. The first-order valence-electron chi connectivity index (χ1n) is 7.36. The predicted molar refractivity (Wildman–Crippen MR) is 116 cm³/mol. The molecule has 1 aliphatic rings. The van der Waals surface area contributed by atoms with Crippen molar-refractivity contribution in [2.45, 2.75) is 18.9 Å². The van der Waals surface area contributed by atoms with E-state index >= 15 is 0 Å². The minimum Gasteiger partial charge on any atom is -1.00 e. The van der Waals surface area contributed by atoms with Gasteiger partial charge in [0.2, 0.25) is 0 Å². The number of halogens is 4. The Balaban J connectivity index is 0.00000208. The van der Waals surface area contributed by atoms with Gasteiger partial charge in [0, 0.05) is 18.4 Å². The number of phenolic OH excluding ortho intramolecular Hbond substituents is 1. The summed E-state index contributed by atoms with van der Waals surface area (Å²) in [6, 6.07) is 8.93. The fraction of sp³-hybridized carbons (Fsp3) is 0.294. The summed E-state index contributed by atoms with van der Waals surface area (Å²) in [4.78, 5) is 0. The highest BCUT2D eigenvalue weighted by molar-refractivity contribution is 14.1. The second kappa shape index (κ2) is 8.92. The van der Waals surface area contributed by atoms with Crippen LogP contribution in [-0.4, -0.2) is 18.8 Å². The minimum absolute atomic E-state index is 0. The fourth-order valence-corrected chi connectivity index (χ4v) is 5.95. The maximum atomic E-state index is 9.95. The van der Waals surface area contributed by atoms with Crippen molar-refractivity contribution >= 4 is 67.8 Å². The Morgan fingerprint density at radius 3 is 2.42 bits per heavy atom. The Hall–Kier alpha value is 0.480.